The highest BCUT2D eigenvalue weighted by Crippen LogP contribution is 2.25. The quantitative estimate of drug-likeness (QED) is 0.720. The van der Waals surface area contributed by atoms with Gasteiger partial charge in [0.1, 0.15) is 6.10 Å². The third-order valence-electron chi connectivity index (χ3n) is 1.62. The second kappa shape index (κ2) is 3.83. The molecule has 0 N–H and O–H groups in total. The summed E-state index contributed by atoms with van der Waals surface area (Å²) in [6.45, 7) is 3.56. The molecule has 0 bridgehead atoms. The zero-order chi connectivity index (χ0) is 9.14. The molecule has 12 heavy (non-hydrogen) atoms. The molecule has 0 saturated carbocycles. The molecular formula is C9H12O2S. The van der Waals surface area contributed by atoms with Gasteiger partial charge in [-0.15, -0.1) is 11.3 Å². The highest BCUT2D eigenvalue weighted by atomic mass is 32.1. The van der Waals surface area contributed by atoms with Crippen molar-refractivity contribution in [1.82, 2.24) is 0 Å². The zero-order valence-corrected chi connectivity index (χ0v) is 8.27. The number of methoxy groups -OCH3 is 1. The van der Waals surface area contributed by atoms with E-state index in [0.29, 0.717) is 0 Å². The van der Waals surface area contributed by atoms with Crippen LogP contribution in [0.4, 0.5) is 0 Å². The molecule has 0 amide bonds. The van der Waals surface area contributed by atoms with Crippen LogP contribution in [0.5, 0.6) is 0 Å². The summed E-state index contributed by atoms with van der Waals surface area (Å²) >= 11 is 1.60. The predicted molar refractivity (Wildman–Crippen MR) is 49.5 cm³/mol. The number of hydrogen-bond acceptors (Lipinski definition) is 3. The number of carbonyl (C=O) groups is 1. The molecule has 0 aliphatic carbocycles. The lowest BCUT2D eigenvalue weighted by Crippen LogP contribution is -2.08. The summed E-state index contributed by atoms with van der Waals surface area (Å²) in [6, 6.07) is 3.94. The number of hydrogen-bond donors (Lipinski definition) is 0. The first-order valence-electron chi connectivity index (χ1n) is 3.74. The Kier molecular flexibility index (Phi) is 3.00. The van der Waals surface area contributed by atoms with Crippen molar-refractivity contribution >= 4 is 17.1 Å². The Bertz CT molecular complexity index is 278. The average molecular weight is 184 g/mol. The maximum Gasteiger partial charge on any atom is 0.163 e. The normalized spacial score (nSPS) is 12.9. The van der Waals surface area contributed by atoms with Gasteiger partial charge in [0, 0.05) is 16.9 Å². The van der Waals surface area contributed by atoms with Crippen LogP contribution in [0.15, 0.2) is 12.1 Å². The summed E-state index contributed by atoms with van der Waals surface area (Å²) in [5.41, 5.74) is 0. The standard InChI is InChI=1S/C9H12O2S/c1-6-4-5-8(12-6)9(11-3)7(2)10/h4-5,9H,1-3H3. The van der Waals surface area contributed by atoms with Gasteiger partial charge in [-0.2, -0.15) is 0 Å². The van der Waals surface area contributed by atoms with Gasteiger partial charge in [0.05, 0.1) is 0 Å². The van der Waals surface area contributed by atoms with Gasteiger partial charge in [-0.05, 0) is 26.0 Å². The molecule has 0 aliphatic rings. The van der Waals surface area contributed by atoms with Crippen molar-refractivity contribution < 1.29 is 9.53 Å². The average Bonchev–Trinajstić information content (AvgIpc) is 2.37. The van der Waals surface area contributed by atoms with Crippen LogP contribution in [0, 0.1) is 6.92 Å². The van der Waals surface area contributed by atoms with Crippen molar-refractivity contribution in [3.05, 3.63) is 21.9 Å². The Morgan fingerprint density at radius 3 is 2.58 bits per heavy atom. The van der Waals surface area contributed by atoms with Gasteiger partial charge >= 0.3 is 0 Å². The van der Waals surface area contributed by atoms with E-state index in [1.807, 2.05) is 19.1 Å². The summed E-state index contributed by atoms with van der Waals surface area (Å²) in [5.74, 6) is 0.0550. The highest BCUT2D eigenvalue weighted by Gasteiger charge is 2.16. The second-order valence-corrected chi connectivity index (χ2v) is 3.99. The topological polar surface area (TPSA) is 26.3 Å². The maximum absolute atomic E-state index is 11.1. The minimum Gasteiger partial charge on any atom is -0.368 e. The molecule has 1 atom stereocenters. The first-order valence-corrected chi connectivity index (χ1v) is 4.56. The molecule has 1 rings (SSSR count). The van der Waals surface area contributed by atoms with Gasteiger partial charge in [-0.1, -0.05) is 0 Å². The van der Waals surface area contributed by atoms with E-state index >= 15 is 0 Å². The molecular weight excluding hydrogens is 172 g/mol. The van der Waals surface area contributed by atoms with Crippen molar-refractivity contribution in [2.45, 2.75) is 20.0 Å². The van der Waals surface area contributed by atoms with E-state index in [4.69, 9.17) is 4.74 Å². The van der Waals surface area contributed by atoms with Gasteiger partial charge in [-0.3, -0.25) is 4.79 Å². The number of ether oxygens (including phenoxy) is 1. The van der Waals surface area contributed by atoms with Crippen LogP contribution in [0.2, 0.25) is 0 Å². The predicted octanol–water partition coefficient (Wildman–Crippen LogP) is 2.33. The van der Waals surface area contributed by atoms with Crippen LogP contribution in [-0.2, 0) is 9.53 Å². The summed E-state index contributed by atoms with van der Waals surface area (Å²) in [5, 5.41) is 0. The summed E-state index contributed by atoms with van der Waals surface area (Å²) in [7, 11) is 1.56. The van der Waals surface area contributed by atoms with Crippen LogP contribution in [0.1, 0.15) is 22.8 Å². The molecule has 0 radical (unpaired) electrons. The number of Topliss-reactive ketones (excluding diaryl/α,β-unsaturated/α-hetero) is 1. The monoisotopic (exact) mass is 184 g/mol. The number of thiophene rings is 1. The smallest absolute Gasteiger partial charge is 0.163 e. The Hall–Kier alpha value is -0.670. The molecule has 66 valence electrons. The van der Waals surface area contributed by atoms with Crippen LogP contribution < -0.4 is 0 Å². The lowest BCUT2D eigenvalue weighted by atomic mass is 10.2. The fourth-order valence-corrected chi connectivity index (χ4v) is 2.09. The van der Waals surface area contributed by atoms with Gasteiger partial charge in [-0.25, -0.2) is 0 Å². The first kappa shape index (κ1) is 9.42. The Balaban J connectivity index is 2.87. The van der Waals surface area contributed by atoms with E-state index in [9.17, 15) is 4.79 Å². The molecule has 0 aromatic carbocycles. The van der Waals surface area contributed by atoms with Crippen LogP contribution in [0.3, 0.4) is 0 Å². The van der Waals surface area contributed by atoms with E-state index in [0.717, 1.165) is 4.88 Å². The van der Waals surface area contributed by atoms with Gasteiger partial charge in [0.2, 0.25) is 0 Å². The minimum atomic E-state index is -0.372. The molecule has 1 unspecified atom stereocenters. The van der Waals surface area contributed by atoms with Crippen molar-refractivity contribution in [2.75, 3.05) is 7.11 Å². The van der Waals surface area contributed by atoms with Crippen LogP contribution >= 0.6 is 11.3 Å². The molecule has 0 spiro atoms. The third-order valence-corrected chi connectivity index (χ3v) is 2.67. The summed E-state index contributed by atoms with van der Waals surface area (Å²) in [4.78, 5) is 13.3. The van der Waals surface area contributed by atoms with Crippen molar-refractivity contribution in [2.24, 2.45) is 0 Å². The molecule has 3 heteroatoms. The summed E-state index contributed by atoms with van der Waals surface area (Å²) in [6.07, 6.45) is -0.372. The van der Waals surface area contributed by atoms with Crippen molar-refractivity contribution in [3.8, 4) is 0 Å². The van der Waals surface area contributed by atoms with E-state index in [-0.39, 0.29) is 11.9 Å². The third kappa shape index (κ3) is 1.93. The number of rotatable bonds is 3. The largest absolute Gasteiger partial charge is 0.368 e. The van der Waals surface area contributed by atoms with E-state index < -0.39 is 0 Å². The molecule has 0 aliphatic heterocycles. The fourth-order valence-electron chi connectivity index (χ4n) is 1.08. The molecule has 2 nitrogen and oxygen atoms in total. The minimum absolute atomic E-state index is 0.0550. The molecule has 1 aromatic heterocycles. The number of ketones is 1. The fraction of sp³-hybridized carbons (Fsp3) is 0.444. The molecule has 0 fully saturated rings. The van der Waals surface area contributed by atoms with E-state index in [1.54, 1.807) is 25.4 Å². The Morgan fingerprint density at radius 1 is 1.58 bits per heavy atom. The Morgan fingerprint density at radius 2 is 2.25 bits per heavy atom. The second-order valence-electron chi connectivity index (χ2n) is 2.67. The number of aryl methyl sites for hydroxylation is 1. The zero-order valence-electron chi connectivity index (χ0n) is 7.46. The van der Waals surface area contributed by atoms with E-state index in [1.165, 1.54) is 4.88 Å². The molecule has 1 aromatic rings. The van der Waals surface area contributed by atoms with Gasteiger partial charge in [0.15, 0.2) is 5.78 Å². The molecule has 0 saturated heterocycles. The van der Waals surface area contributed by atoms with Crippen LogP contribution in [0.25, 0.3) is 0 Å². The van der Waals surface area contributed by atoms with Crippen molar-refractivity contribution in [3.63, 3.8) is 0 Å². The maximum atomic E-state index is 11.1. The first-order chi connectivity index (χ1) is 5.65. The molecule has 1 heterocycles. The van der Waals surface area contributed by atoms with Crippen molar-refractivity contribution in [1.29, 1.82) is 0 Å². The lowest BCUT2D eigenvalue weighted by molar-refractivity contribution is -0.126. The summed E-state index contributed by atoms with van der Waals surface area (Å²) < 4.78 is 5.07. The lowest BCUT2D eigenvalue weighted by Gasteiger charge is -2.08. The highest BCUT2D eigenvalue weighted by molar-refractivity contribution is 7.12. The van der Waals surface area contributed by atoms with Gasteiger partial charge in [0.25, 0.3) is 0 Å². The number of carbonyl (C=O) groups excluding carboxylic acids is 1. The Labute approximate surface area is 76.2 Å². The van der Waals surface area contributed by atoms with Crippen LogP contribution in [-0.4, -0.2) is 12.9 Å². The van der Waals surface area contributed by atoms with Gasteiger partial charge < -0.3 is 4.74 Å². The van der Waals surface area contributed by atoms with E-state index in [2.05, 4.69) is 0 Å². The SMILES string of the molecule is COC(C(C)=O)c1ccc(C)s1.